The minimum atomic E-state index is -0.783. The highest BCUT2D eigenvalue weighted by molar-refractivity contribution is 6.08. The molecule has 0 unspecified atom stereocenters. The van der Waals surface area contributed by atoms with Crippen molar-refractivity contribution in [3.05, 3.63) is 35.4 Å². The van der Waals surface area contributed by atoms with Gasteiger partial charge in [0.25, 0.3) is 11.8 Å². The van der Waals surface area contributed by atoms with Crippen LogP contribution in [0.25, 0.3) is 0 Å². The largest absolute Gasteiger partial charge is 0.320 e. The second kappa shape index (κ2) is 41.4. The third-order valence-corrected chi connectivity index (χ3v) is 13.9. The van der Waals surface area contributed by atoms with Crippen LogP contribution in [0.2, 0.25) is 0 Å². The smallest absolute Gasteiger partial charge is 0.260 e. The molecule has 0 aliphatic heterocycles. The molecule has 0 aromatic heterocycles. The number of carbonyl (C=O) groups is 4. The Morgan fingerprint density at radius 2 is 0.530 bits per heavy atom. The van der Waals surface area contributed by atoms with Gasteiger partial charge in [-0.05, 0) is 48.9 Å². The molecule has 0 fully saturated rings. The highest BCUT2D eigenvalue weighted by Crippen LogP contribution is 2.19. The quantitative estimate of drug-likeness (QED) is 0.0628. The lowest BCUT2D eigenvalue weighted by molar-refractivity contribution is -0.131. The highest BCUT2D eigenvalue weighted by Gasteiger charge is 2.31. The molecular formula is C58H106N4O4. The summed E-state index contributed by atoms with van der Waals surface area (Å²) in [6.07, 6.45) is 45.8. The van der Waals surface area contributed by atoms with Gasteiger partial charge in [0.1, 0.15) is 0 Å². The van der Waals surface area contributed by atoms with Gasteiger partial charge in [-0.1, -0.05) is 260 Å². The van der Waals surface area contributed by atoms with Crippen LogP contribution in [0.4, 0.5) is 0 Å². The van der Waals surface area contributed by atoms with Crippen LogP contribution in [0.3, 0.4) is 0 Å². The van der Waals surface area contributed by atoms with E-state index in [-0.39, 0.29) is 23.7 Å². The number of nitrogens with two attached hydrogens (primary N) is 2. The Hall–Kier alpha value is -2.58. The van der Waals surface area contributed by atoms with Crippen LogP contribution in [-0.4, -0.2) is 58.6 Å². The Labute approximate surface area is 407 Å². The van der Waals surface area contributed by atoms with Crippen molar-refractivity contribution in [2.75, 3.05) is 13.1 Å². The van der Waals surface area contributed by atoms with E-state index < -0.39 is 23.9 Å². The minimum absolute atomic E-state index is 0.113. The molecule has 0 heterocycles. The van der Waals surface area contributed by atoms with E-state index >= 15 is 0 Å². The van der Waals surface area contributed by atoms with Crippen molar-refractivity contribution in [1.82, 2.24) is 9.80 Å². The summed E-state index contributed by atoms with van der Waals surface area (Å²) in [6.45, 7) is 12.7. The van der Waals surface area contributed by atoms with E-state index in [0.29, 0.717) is 24.2 Å². The molecule has 1 aromatic rings. The molecule has 0 aliphatic rings. The summed E-state index contributed by atoms with van der Waals surface area (Å²) in [7, 11) is 0. The topological polar surface area (TPSA) is 127 Å². The van der Waals surface area contributed by atoms with Crippen molar-refractivity contribution in [3.8, 4) is 0 Å². The van der Waals surface area contributed by atoms with Gasteiger partial charge in [0, 0.05) is 24.2 Å². The van der Waals surface area contributed by atoms with Gasteiger partial charge in [0.2, 0.25) is 11.8 Å². The van der Waals surface area contributed by atoms with Crippen molar-refractivity contribution in [2.24, 2.45) is 23.3 Å². The van der Waals surface area contributed by atoms with E-state index in [1.165, 1.54) is 202 Å². The Balaban J connectivity index is 2.56. The average Bonchev–Trinajstić information content (AvgIpc) is 3.31. The zero-order valence-corrected chi connectivity index (χ0v) is 44.2. The van der Waals surface area contributed by atoms with E-state index in [0.717, 1.165) is 38.5 Å². The highest BCUT2D eigenvalue weighted by atomic mass is 16.2. The van der Waals surface area contributed by atoms with Crippen LogP contribution >= 0.6 is 0 Å². The number of carbonyl (C=O) groups excluding carboxylic acids is 4. The third kappa shape index (κ3) is 29.3. The van der Waals surface area contributed by atoms with Crippen LogP contribution in [0.15, 0.2) is 24.3 Å². The summed E-state index contributed by atoms with van der Waals surface area (Å²) in [5.41, 5.74) is 13.2. The second-order valence-corrected chi connectivity index (χ2v) is 20.7. The van der Waals surface area contributed by atoms with Gasteiger partial charge in [-0.25, -0.2) is 0 Å². The van der Waals surface area contributed by atoms with E-state index in [1.54, 1.807) is 24.3 Å². The van der Waals surface area contributed by atoms with Crippen molar-refractivity contribution < 1.29 is 19.2 Å². The first-order valence-corrected chi connectivity index (χ1v) is 28.3. The number of amides is 4. The minimum Gasteiger partial charge on any atom is -0.320 e. The van der Waals surface area contributed by atoms with Crippen LogP contribution in [0.1, 0.15) is 293 Å². The summed E-state index contributed by atoms with van der Waals surface area (Å²) in [5.74, 6) is -1.78. The fraction of sp³-hybridized carbons (Fsp3) is 0.828. The van der Waals surface area contributed by atoms with E-state index in [4.69, 9.17) is 11.5 Å². The van der Waals surface area contributed by atoms with E-state index in [1.807, 2.05) is 27.7 Å². The molecule has 4 amide bonds. The lowest BCUT2D eigenvalue weighted by Gasteiger charge is -2.27. The first-order chi connectivity index (χ1) is 32.0. The number of rotatable bonds is 44. The molecule has 0 spiro atoms. The van der Waals surface area contributed by atoms with E-state index in [9.17, 15) is 19.2 Å². The van der Waals surface area contributed by atoms with Gasteiger partial charge in [-0.2, -0.15) is 0 Å². The monoisotopic (exact) mass is 923 g/mol. The molecule has 8 nitrogen and oxygen atoms in total. The Morgan fingerprint density at radius 1 is 0.348 bits per heavy atom. The molecule has 0 saturated carbocycles. The number of unbranched alkanes of at least 4 members (excludes halogenated alkanes) is 34. The molecule has 0 aliphatic carbocycles. The maximum atomic E-state index is 13.9. The molecule has 0 saturated heterocycles. The summed E-state index contributed by atoms with van der Waals surface area (Å²) in [5, 5.41) is 0. The zero-order chi connectivity index (χ0) is 48.6. The Morgan fingerprint density at radius 3 is 0.712 bits per heavy atom. The molecule has 382 valence electrons. The van der Waals surface area contributed by atoms with Gasteiger partial charge >= 0.3 is 0 Å². The van der Waals surface area contributed by atoms with Gasteiger partial charge in [0.15, 0.2) is 0 Å². The molecule has 66 heavy (non-hydrogen) atoms. The van der Waals surface area contributed by atoms with Crippen LogP contribution in [-0.2, 0) is 9.59 Å². The Bertz CT molecular complexity index is 1250. The van der Waals surface area contributed by atoms with Crippen LogP contribution in [0, 0.1) is 11.8 Å². The summed E-state index contributed by atoms with van der Waals surface area (Å²) in [6, 6.07) is 4.80. The number of nitrogens with zero attached hydrogens (tertiary/aromatic N) is 2. The average molecular weight is 924 g/mol. The molecule has 8 heteroatoms. The second-order valence-electron chi connectivity index (χ2n) is 20.7. The maximum Gasteiger partial charge on any atom is 0.260 e. The van der Waals surface area contributed by atoms with Crippen molar-refractivity contribution in [1.29, 1.82) is 0 Å². The molecular weight excluding hydrogens is 817 g/mol. The molecule has 4 N–H and O–H groups in total. The molecule has 1 aromatic carbocycles. The number of hydrogen-bond donors (Lipinski definition) is 2. The van der Waals surface area contributed by atoms with Crippen molar-refractivity contribution in [2.45, 2.75) is 285 Å². The predicted molar refractivity (Wildman–Crippen MR) is 282 cm³/mol. The van der Waals surface area contributed by atoms with Gasteiger partial charge < -0.3 is 11.5 Å². The normalized spacial score (nSPS) is 12.5. The standard InChI is InChI=1S/C58H106N4O4/c1-7-9-11-13-15-17-19-21-23-25-27-29-31-33-35-37-39-41-47-61(57(65)53(59)49(3)4)55(63)51-43-45-52(46-44-51)56(64)62(58(66)54(60)50(5)6)48-42-40-38-36-34-32-30-28-26-24-22-20-18-16-14-12-10-8-2/h43-46,49-50,53-54H,7-42,47-48,59-60H2,1-6H3/t53-,54-/m0/s1. The number of imide groups is 2. The first-order valence-electron chi connectivity index (χ1n) is 28.3. The van der Waals surface area contributed by atoms with Crippen molar-refractivity contribution in [3.63, 3.8) is 0 Å². The Kier molecular flexibility index (Phi) is 38.5. The number of hydrogen-bond acceptors (Lipinski definition) is 6. The SMILES string of the molecule is CCCCCCCCCCCCCCCCCCCCN(C(=O)c1ccc(C(=O)N(CCCCCCCCCCCCCCCCCCCC)C(=O)[C@@H](N)C(C)C)cc1)C(=O)[C@@H](N)C(C)C. The summed E-state index contributed by atoms with van der Waals surface area (Å²) < 4.78 is 0. The predicted octanol–water partition coefficient (Wildman–Crippen LogP) is 15.7. The van der Waals surface area contributed by atoms with Crippen molar-refractivity contribution >= 4 is 23.6 Å². The third-order valence-electron chi connectivity index (χ3n) is 13.9. The van der Waals surface area contributed by atoms with Gasteiger partial charge in [-0.3, -0.25) is 29.0 Å². The molecule has 0 radical (unpaired) electrons. The zero-order valence-electron chi connectivity index (χ0n) is 44.2. The maximum absolute atomic E-state index is 13.9. The first kappa shape index (κ1) is 61.4. The summed E-state index contributed by atoms with van der Waals surface area (Å²) in [4.78, 5) is 57.5. The molecule has 1 rings (SSSR count). The van der Waals surface area contributed by atoms with Crippen LogP contribution in [0.5, 0.6) is 0 Å². The van der Waals surface area contributed by atoms with Gasteiger partial charge in [-0.15, -0.1) is 0 Å². The lowest BCUT2D eigenvalue weighted by Crippen LogP contribution is -2.49. The van der Waals surface area contributed by atoms with Gasteiger partial charge in [0.05, 0.1) is 12.1 Å². The molecule has 0 bridgehead atoms. The fourth-order valence-corrected chi connectivity index (χ4v) is 8.96. The van der Waals surface area contributed by atoms with E-state index in [2.05, 4.69) is 13.8 Å². The number of benzene rings is 1. The summed E-state index contributed by atoms with van der Waals surface area (Å²) >= 11 is 0. The molecule has 2 atom stereocenters. The fourth-order valence-electron chi connectivity index (χ4n) is 8.96. The lowest BCUT2D eigenvalue weighted by atomic mass is 10.0. The van der Waals surface area contributed by atoms with Crippen LogP contribution < -0.4 is 11.5 Å².